The Morgan fingerprint density at radius 2 is 1.91 bits per heavy atom. The highest BCUT2D eigenvalue weighted by Crippen LogP contribution is 2.52. The van der Waals surface area contributed by atoms with Gasteiger partial charge < -0.3 is 14.8 Å². The van der Waals surface area contributed by atoms with Gasteiger partial charge in [-0.1, -0.05) is 53.6 Å². The smallest absolute Gasteiger partial charge is 0.175 e. The Morgan fingerprint density at radius 3 is 2.70 bits per heavy atom. The van der Waals surface area contributed by atoms with Gasteiger partial charge in [0, 0.05) is 26.0 Å². The molecule has 2 aliphatic rings. The number of hydrogen-bond acceptors (Lipinski definition) is 3. The maximum atomic E-state index is 6.32. The van der Waals surface area contributed by atoms with Crippen LogP contribution in [0.2, 0.25) is 10.0 Å². The second-order valence-electron chi connectivity index (χ2n) is 8.24. The maximum Gasteiger partial charge on any atom is 0.175 e. The first-order chi connectivity index (χ1) is 16.0. The van der Waals surface area contributed by atoms with Crippen LogP contribution in [-0.2, 0) is 6.61 Å². The monoisotopic (exact) mass is 607 g/mol. The molecule has 0 spiro atoms. The molecule has 0 amide bonds. The summed E-state index contributed by atoms with van der Waals surface area (Å²) in [5.41, 5.74) is 4.50. The second kappa shape index (κ2) is 9.53. The molecule has 0 fully saturated rings. The lowest BCUT2D eigenvalue weighted by atomic mass is 9.77. The zero-order valence-electron chi connectivity index (χ0n) is 17.7. The van der Waals surface area contributed by atoms with Gasteiger partial charge in [-0.3, -0.25) is 0 Å². The number of hydrogen-bond donors (Lipinski definition) is 1. The van der Waals surface area contributed by atoms with Crippen LogP contribution in [0, 0.1) is 5.92 Å². The number of nitrogens with one attached hydrogen (secondary N) is 1. The van der Waals surface area contributed by atoms with Crippen molar-refractivity contribution in [2.24, 2.45) is 5.92 Å². The van der Waals surface area contributed by atoms with Crippen LogP contribution in [0.1, 0.15) is 35.1 Å². The van der Waals surface area contributed by atoms with Crippen molar-refractivity contribution in [2.75, 3.05) is 12.4 Å². The molecule has 5 rings (SSSR count). The van der Waals surface area contributed by atoms with Gasteiger partial charge in [0.05, 0.1) is 23.3 Å². The largest absolute Gasteiger partial charge is 0.493 e. The van der Waals surface area contributed by atoms with Crippen LogP contribution >= 0.6 is 55.1 Å². The molecule has 3 atom stereocenters. The molecular weight excluding hydrogens is 589 g/mol. The van der Waals surface area contributed by atoms with Gasteiger partial charge in [0.25, 0.3) is 0 Å². The van der Waals surface area contributed by atoms with E-state index in [-0.39, 0.29) is 6.04 Å². The summed E-state index contributed by atoms with van der Waals surface area (Å²) in [5.74, 6) is 2.14. The molecule has 170 valence electrons. The lowest BCUT2D eigenvalue weighted by Gasteiger charge is -2.38. The molecular formula is C26H21Br2Cl2NO2. The number of ether oxygens (including phenoxy) is 2. The minimum absolute atomic E-state index is 0.140. The average molecular weight is 610 g/mol. The van der Waals surface area contributed by atoms with Gasteiger partial charge in [-0.05, 0) is 85.7 Å². The van der Waals surface area contributed by atoms with E-state index in [2.05, 4.69) is 79.7 Å². The molecule has 33 heavy (non-hydrogen) atoms. The van der Waals surface area contributed by atoms with Gasteiger partial charge in [0.1, 0.15) is 6.61 Å². The second-order valence-corrected chi connectivity index (χ2v) is 10.8. The summed E-state index contributed by atoms with van der Waals surface area (Å²) >= 11 is 19.8. The predicted octanol–water partition coefficient (Wildman–Crippen LogP) is 8.93. The molecule has 1 N–H and O–H groups in total. The van der Waals surface area contributed by atoms with Gasteiger partial charge in [-0.25, -0.2) is 0 Å². The van der Waals surface area contributed by atoms with Crippen LogP contribution in [-0.4, -0.2) is 7.11 Å². The van der Waals surface area contributed by atoms with Gasteiger partial charge in [-0.15, -0.1) is 0 Å². The number of anilines is 1. The van der Waals surface area contributed by atoms with Gasteiger partial charge in [0.15, 0.2) is 11.5 Å². The standard InChI is InChI=1S/C26H21Br2Cl2NO2/c1-32-23-11-15(10-21(28)26(23)33-13-14-8-9-16(29)12-22(14)30)24-18-5-2-4-17(18)19-6-3-7-20(27)25(19)31-24/h2-4,6-12,17-18,24,31H,5,13H2,1H3/t17-,18-,24+/m1/s1. The Bertz CT molecular complexity index is 1250. The van der Waals surface area contributed by atoms with Crippen molar-refractivity contribution in [2.45, 2.75) is 25.0 Å². The van der Waals surface area contributed by atoms with Crippen molar-refractivity contribution in [3.05, 3.63) is 96.4 Å². The SMILES string of the molecule is COc1cc([C@@H]2Nc3c(Br)cccc3[C@@H]3C=CC[C@H]32)cc(Br)c1OCc1ccc(Cl)cc1Cl. The quantitative estimate of drug-likeness (QED) is 0.293. The summed E-state index contributed by atoms with van der Waals surface area (Å²) in [6.45, 7) is 0.306. The van der Waals surface area contributed by atoms with E-state index in [1.807, 2.05) is 6.07 Å². The number of fused-ring (bicyclic) bond motifs is 3. The third-order valence-electron chi connectivity index (χ3n) is 6.34. The molecule has 1 aliphatic heterocycles. The molecule has 0 saturated carbocycles. The van der Waals surface area contributed by atoms with Crippen molar-refractivity contribution in [3.8, 4) is 11.5 Å². The van der Waals surface area contributed by atoms with Crippen molar-refractivity contribution in [1.29, 1.82) is 0 Å². The summed E-state index contributed by atoms with van der Waals surface area (Å²) < 4.78 is 13.8. The van der Waals surface area contributed by atoms with E-state index in [4.69, 9.17) is 32.7 Å². The molecule has 1 aliphatic carbocycles. The van der Waals surface area contributed by atoms with E-state index in [0.29, 0.717) is 40.0 Å². The van der Waals surface area contributed by atoms with Crippen LogP contribution in [0.15, 0.2) is 69.6 Å². The molecule has 0 radical (unpaired) electrons. The third-order valence-corrected chi connectivity index (χ3v) is 8.18. The van der Waals surface area contributed by atoms with E-state index in [1.165, 1.54) is 5.56 Å². The molecule has 0 saturated heterocycles. The average Bonchev–Trinajstić information content (AvgIpc) is 3.29. The predicted molar refractivity (Wildman–Crippen MR) is 142 cm³/mol. The summed E-state index contributed by atoms with van der Waals surface area (Å²) in [6.07, 6.45) is 5.66. The zero-order chi connectivity index (χ0) is 23.1. The van der Waals surface area contributed by atoms with Crippen LogP contribution in [0.25, 0.3) is 0 Å². The van der Waals surface area contributed by atoms with Gasteiger partial charge in [-0.2, -0.15) is 0 Å². The molecule has 0 unspecified atom stereocenters. The lowest BCUT2D eigenvalue weighted by molar-refractivity contribution is 0.282. The first kappa shape index (κ1) is 23.1. The van der Waals surface area contributed by atoms with E-state index in [1.54, 1.807) is 19.2 Å². The number of rotatable bonds is 5. The highest BCUT2D eigenvalue weighted by Gasteiger charge is 2.39. The minimum Gasteiger partial charge on any atom is -0.493 e. The topological polar surface area (TPSA) is 30.5 Å². The number of allylic oxidation sites excluding steroid dienone is 2. The van der Waals surface area contributed by atoms with E-state index < -0.39 is 0 Å². The van der Waals surface area contributed by atoms with E-state index in [9.17, 15) is 0 Å². The number of halogens is 4. The van der Waals surface area contributed by atoms with Crippen LogP contribution in [0.5, 0.6) is 11.5 Å². The number of para-hydroxylation sites is 1. The summed E-state index contributed by atoms with van der Waals surface area (Å²) in [5, 5.41) is 4.96. The molecule has 3 aromatic carbocycles. The number of methoxy groups -OCH3 is 1. The van der Waals surface area contributed by atoms with Crippen molar-refractivity contribution < 1.29 is 9.47 Å². The summed E-state index contributed by atoms with van der Waals surface area (Å²) in [7, 11) is 1.66. The Labute approximate surface area is 220 Å². The van der Waals surface area contributed by atoms with Gasteiger partial charge >= 0.3 is 0 Å². The van der Waals surface area contributed by atoms with Crippen molar-refractivity contribution in [3.63, 3.8) is 0 Å². The van der Waals surface area contributed by atoms with Crippen LogP contribution in [0.3, 0.4) is 0 Å². The highest BCUT2D eigenvalue weighted by molar-refractivity contribution is 9.11. The fraction of sp³-hybridized carbons (Fsp3) is 0.231. The Kier molecular flexibility index (Phi) is 6.67. The maximum absolute atomic E-state index is 6.32. The summed E-state index contributed by atoms with van der Waals surface area (Å²) in [4.78, 5) is 0. The normalized spacial score (nSPS) is 20.7. The first-order valence-electron chi connectivity index (χ1n) is 10.6. The molecule has 0 bridgehead atoms. The Balaban J connectivity index is 1.46. The Morgan fingerprint density at radius 1 is 1.06 bits per heavy atom. The molecule has 3 aromatic rings. The van der Waals surface area contributed by atoms with Crippen molar-refractivity contribution in [1.82, 2.24) is 0 Å². The summed E-state index contributed by atoms with van der Waals surface area (Å²) in [6, 6.07) is 16.1. The zero-order valence-corrected chi connectivity index (χ0v) is 22.4. The first-order valence-corrected chi connectivity index (χ1v) is 13.0. The Hall–Kier alpha value is -1.66. The molecule has 0 aromatic heterocycles. The third kappa shape index (κ3) is 4.41. The fourth-order valence-corrected chi connectivity index (χ4v) is 6.29. The highest BCUT2D eigenvalue weighted by atomic mass is 79.9. The van der Waals surface area contributed by atoms with Crippen molar-refractivity contribution >= 4 is 60.7 Å². The number of benzene rings is 3. The van der Waals surface area contributed by atoms with Gasteiger partial charge in [0.2, 0.25) is 0 Å². The van der Waals surface area contributed by atoms with E-state index in [0.717, 1.165) is 32.2 Å². The van der Waals surface area contributed by atoms with Crippen LogP contribution in [0.4, 0.5) is 5.69 Å². The molecule has 3 nitrogen and oxygen atoms in total. The lowest BCUT2D eigenvalue weighted by Crippen LogP contribution is -2.29. The molecule has 1 heterocycles. The minimum atomic E-state index is 0.140. The molecule has 7 heteroatoms. The van der Waals surface area contributed by atoms with E-state index >= 15 is 0 Å². The fourth-order valence-electron chi connectivity index (χ4n) is 4.76. The van der Waals surface area contributed by atoms with Crippen LogP contribution < -0.4 is 14.8 Å².